The van der Waals surface area contributed by atoms with Gasteiger partial charge < -0.3 is 14.6 Å². The first-order valence-electron chi connectivity index (χ1n) is 5.85. The van der Waals surface area contributed by atoms with E-state index in [1.165, 1.54) is 12.1 Å². The Labute approximate surface area is 119 Å². The summed E-state index contributed by atoms with van der Waals surface area (Å²) in [4.78, 5) is 4.26. The highest BCUT2D eigenvalue weighted by Crippen LogP contribution is 2.26. The molecule has 4 nitrogen and oxygen atoms in total. The Hall–Kier alpha value is -1.40. The number of rotatable bonds is 5. The van der Waals surface area contributed by atoms with Crippen LogP contribution in [0.2, 0.25) is 0 Å². The quantitative estimate of drug-likeness (QED) is 0.909. The van der Waals surface area contributed by atoms with Gasteiger partial charge in [0.2, 0.25) is 5.95 Å². The standard InChI is InChI=1S/C13H15BrFN3O/c1-9(8-19-2)18-6-5-16-13(18)17-12-4-3-10(15)7-11(12)14/h3-7,9H,8H2,1-2H3,(H,16,17). The Balaban J connectivity index is 2.21. The van der Waals surface area contributed by atoms with E-state index in [1.54, 1.807) is 19.4 Å². The first-order valence-corrected chi connectivity index (χ1v) is 6.65. The van der Waals surface area contributed by atoms with Crippen LogP contribution in [0.1, 0.15) is 13.0 Å². The molecule has 0 spiro atoms. The number of nitrogens with zero attached hydrogens (tertiary/aromatic N) is 2. The van der Waals surface area contributed by atoms with E-state index < -0.39 is 0 Å². The van der Waals surface area contributed by atoms with Crippen LogP contribution in [0.15, 0.2) is 35.1 Å². The number of hydrogen-bond acceptors (Lipinski definition) is 3. The maximum absolute atomic E-state index is 13.0. The highest BCUT2D eigenvalue weighted by molar-refractivity contribution is 9.10. The summed E-state index contributed by atoms with van der Waals surface area (Å²) in [5, 5.41) is 3.17. The number of benzene rings is 1. The van der Waals surface area contributed by atoms with Gasteiger partial charge in [-0.2, -0.15) is 0 Å². The maximum atomic E-state index is 13.0. The lowest BCUT2D eigenvalue weighted by atomic mass is 10.3. The first-order chi connectivity index (χ1) is 9.11. The van der Waals surface area contributed by atoms with Crippen LogP contribution < -0.4 is 5.32 Å². The van der Waals surface area contributed by atoms with E-state index >= 15 is 0 Å². The number of ether oxygens (including phenoxy) is 1. The number of hydrogen-bond donors (Lipinski definition) is 1. The Bertz CT molecular complexity index is 559. The van der Waals surface area contributed by atoms with Crippen LogP contribution in [0, 0.1) is 5.82 Å². The number of aromatic nitrogens is 2. The van der Waals surface area contributed by atoms with Crippen molar-refractivity contribution in [3.8, 4) is 0 Å². The fourth-order valence-electron chi connectivity index (χ4n) is 1.80. The summed E-state index contributed by atoms with van der Waals surface area (Å²) >= 11 is 3.32. The van der Waals surface area contributed by atoms with Gasteiger partial charge in [0.25, 0.3) is 0 Å². The van der Waals surface area contributed by atoms with Crippen molar-refractivity contribution in [3.63, 3.8) is 0 Å². The maximum Gasteiger partial charge on any atom is 0.207 e. The molecule has 1 N–H and O–H groups in total. The molecule has 0 radical (unpaired) electrons. The summed E-state index contributed by atoms with van der Waals surface area (Å²) in [5.41, 5.74) is 0.762. The molecule has 0 saturated heterocycles. The van der Waals surface area contributed by atoms with Gasteiger partial charge in [0.15, 0.2) is 0 Å². The van der Waals surface area contributed by atoms with Crippen LogP contribution in [0.5, 0.6) is 0 Å². The van der Waals surface area contributed by atoms with Gasteiger partial charge in [-0.05, 0) is 41.1 Å². The fourth-order valence-corrected chi connectivity index (χ4v) is 2.25. The second kappa shape index (κ2) is 6.16. The van der Waals surface area contributed by atoms with Crippen LogP contribution in [0.3, 0.4) is 0 Å². The molecule has 0 aliphatic carbocycles. The van der Waals surface area contributed by atoms with Gasteiger partial charge in [-0.1, -0.05) is 0 Å². The Morgan fingerprint density at radius 1 is 1.53 bits per heavy atom. The molecule has 1 unspecified atom stereocenters. The summed E-state index contributed by atoms with van der Waals surface area (Å²) in [6.45, 7) is 2.63. The van der Waals surface area contributed by atoms with Gasteiger partial charge in [-0.3, -0.25) is 0 Å². The fraction of sp³-hybridized carbons (Fsp3) is 0.308. The largest absolute Gasteiger partial charge is 0.383 e. The van der Waals surface area contributed by atoms with Crippen molar-refractivity contribution in [2.75, 3.05) is 19.0 Å². The molecule has 0 bridgehead atoms. The monoisotopic (exact) mass is 327 g/mol. The molecule has 102 valence electrons. The zero-order chi connectivity index (χ0) is 13.8. The molecule has 1 heterocycles. The molecule has 0 aliphatic heterocycles. The van der Waals surface area contributed by atoms with Crippen LogP contribution in [-0.2, 0) is 4.74 Å². The van der Waals surface area contributed by atoms with Crippen molar-refractivity contribution in [2.45, 2.75) is 13.0 Å². The molecule has 2 rings (SSSR count). The molecule has 0 fully saturated rings. The van der Waals surface area contributed by atoms with Crippen molar-refractivity contribution >= 4 is 27.6 Å². The molecule has 0 saturated carbocycles. The molecule has 0 aliphatic rings. The van der Waals surface area contributed by atoms with Crippen molar-refractivity contribution in [3.05, 3.63) is 40.9 Å². The normalized spacial score (nSPS) is 12.4. The molecule has 1 aromatic carbocycles. The van der Waals surface area contributed by atoms with Crippen LogP contribution in [0.4, 0.5) is 16.0 Å². The zero-order valence-corrected chi connectivity index (χ0v) is 12.3. The van der Waals surface area contributed by atoms with E-state index in [-0.39, 0.29) is 11.9 Å². The molecule has 19 heavy (non-hydrogen) atoms. The highest BCUT2D eigenvalue weighted by Gasteiger charge is 2.11. The van der Waals surface area contributed by atoms with Gasteiger partial charge in [0, 0.05) is 24.0 Å². The lowest BCUT2D eigenvalue weighted by Gasteiger charge is -2.16. The number of nitrogens with one attached hydrogen (secondary N) is 1. The third kappa shape index (κ3) is 3.33. The molecule has 0 amide bonds. The minimum absolute atomic E-state index is 0.161. The molecule has 1 aromatic heterocycles. The lowest BCUT2D eigenvalue weighted by molar-refractivity contribution is 0.163. The third-order valence-corrected chi connectivity index (χ3v) is 3.39. The Morgan fingerprint density at radius 3 is 3.00 bits per heavy atom. The summed E-state index contributed by atoms with van der Waals surface area (Å²) in [7, 11) is 1.66. The number of imidazole rings is 1. The smallest absolute Gasteiger partial charge is 0.207 e. The second-order valence-electron chi connectivity index (χ2n) is 4.21. The topological polar surface area (TPSA) is 39.1 Å². The van der Waals surface area contributed by atoms with Crippen molar-refractivity contribution in [1.29, 1.82) is 0 Å². The Morgan fingerprint density at radius 2 is 2.32 bits per heavy atom. The predicted molar refractivity (Wildman–Crippen MR) is 76.2 cm³/mol. The van der Waals surface area contributed by atoms with E-state index in [0.29, 0.717) is 17.0 Å². The zero-order valence-electron chi connectivity index (χ0n) is 10.7. The second-order valence-corrected chi connectivity index (χ2v) is 5.07. The summed E-state index contributed by atoms with van der Waals surface area (Å²) in [6, 6.07) is 4.64. The number of anilines is 2. The summed E-state index contributed by atoms with van der Waals surface area (Å²) in [6.07, 6.45) is 3.59. The van der Waals surface area contributed by atoms with Crippen LogP contribution >= 0.6 is 15.9 Å². The highest BCUT2D eigenvalue weighted by atomic mass is 79.9. The number of methoxy groups -OCH3 is 1. The van der Waals surface area contributed by atoms with E-state index in [1.807, 2.05) is 17.7 Å². The lowest BCUT2D eigenvalue weighted by Crippen LogP contribution is -2.12. The molecular formula is C13H15BrFN3O. The van der Waals surface area contributed by atoms with Gasteiger partial charge in [0.1, 0.15) is 5.82 Å². The first kappa shape index (κ1) is 14.0. The molecular weight excluding hydrogens is 313 g/mol. The predicted octanol–water partition coefficient (Wildman–Crippen LogP) is 3.74. The van der Waals surface area contributed by atoms with E-state index in [0.717, 1.165) is 5.69 Å². The van der Waals surface area contributed by atoms with Gasteiger partial charge in [0.05, 0.1) is 18.3 Å². The molecule has 6 heteroatoms. The van der Waals surface area contributed by atoms with E-state index in [4.69, 9.17) is 4.74 Å². The molecule has 1 atom stereocenters. The number of halogens is 2. The Kier molecular flexibility index (Phi) is 4.55. The van der Waals surface area contributed by atoms with Crippen molar-refractivity contribution < 1.29 is 9.13 Å². The minimum atomic E-state index is -0.284. The van der Waals surface area contributed by atoms with Crippen LogP contribution in [-0.4, -0.2) is 23.3 Å². The summed E-state index contributed by atoms with van der Waals surface area (Å²) < 4.78 is 20.8. The average Bonchev–Trinajstić information content (AvgIpc) is 2.81. The van der Waals surface area contributed by atoms with Gasteiger partial charge >= 0.3 is 0 Å². The third-order valence-electron chi connectivity index (χ3n) is 2.73. The van der Waals surface area contributed by atoms with Crippen LogP contribution in [0.25, 0.3) is 0 Å². The SMILES string of the molecule is COCC(C)n1ccnc1Nc1ccc(F)cc1Br. The van der Waals surface area contributed by atoms with Gasteiger partial charge in [-0.15, -0.1) is 0 Å². The van der Waals surface area contributed by atoms with Crippen molar-refractivity contribution in [1.82, 2.24) is 9.55 Å². The van der Waals surface area contributed by atoms with E-state index in [9.17, 15) is 4.39 Å². The van der Waals surface area contributed by atoms with Gasteiger partial charge in [-0.25, -0.2) is 9.37 Å². The minimum Gasteiger partial charge on any atom is -0.383 e. The van der Waals surface area contributed by atoms with Crippen molar-refractivity contribution in [2.24, 2.45) is 0 Å². The average molecular weight is 328 g/mol. The molecule has 2 aromatic rings. The summed E-state index contributed by atoms with van der Waals surface area (Å²) in [5.74, 6) is 0.408. The van der Waals surface area contributed by atoms with E-state index in [2.05, 4.69) is 26.2 Å².